The van der Waals surface area contributed by atoms with Crippen LogP contribution < -0.4 is 5.32 Å². The minimum atomic E-state index is -0.104. The molecule has 1 N–H and O–H groups in total. The van der Waals surface area contributed by atoms with E-state index in [1.807, 2.05) is 6.07 Å². The molecule has 1 aromatic rings. The van der Waals surface area contributed by atoms with Crippen molar-refractivity contribution in [3.63, 3.8) is 0 Å². The van der Waals surface area contributed by atoms with E-state index in [1.165, 1.54) is 0 Å². The molecule has 1 rings (SSSR count). The largest absolute Gasteiger partial charge is 0.308 e. The van der Waals surface area contributed by atoms with Crippen LogP contribution in [-0.4, -0.2) is 35.8 Å². The maximum Gasteiger partial charge on any atom is 0.137 e. The van der Waals surface area contributed by atoms with Crippen molar-refractivity contribution in [2.45, 2.75) is 51.6 Å². The van der Waals surface area contributed by atoms with Gasteiger partial charge >= 0.3 is 0 Å². The molecule has 0 aliphatic rings. The van der Waals surface area contributed by atoms with Crippen molar-refractivity contribution < 1.29 is 4.39 Å². The highest BCUT2D eigenvalue weighted by Gasteiger charge is 2.13. The molecular formula is C17H29FN2S. The molecule has 0 aliphatic carbocycles. The number of nitrogens with zero attached hydrogens (tertiary/aromatic N) is 1. The second-order valence-corrected chi connectivity index (χ2v) is 7.31. The van der Waals surface area contributed by atoms with Crippen molar-refractivity contribution in [2.24, 2.45) is 0 Å². The fourth-order valence-corrected chi connectivity index (χ4v) is 3.12. The Balaban J connectivity index is 2.67. The van der Waals surface area contributed by atoms with E-state index in [4.69, 9.17) is 0 Å². The minimum absolute atomic E-state index is 0.0372. The molecule has 4 heteroatoms. The number of hydrogen-bond acceptors (Lipinski definition) is 3. The molecule has 0 bridgehead atoms. The molecule has 2 nitrogen and oxygen atoms in total. The summed E-state index contributed by atoms with van der Waals surface area (Å²) in [5.41, 5.74) is 1.09. The summed E-state index contributed by atoms with van der Waals surface area (Å²) in [6.45, 7) is 14.5. The molecule has 0 saturated carbocycles. The van der Waals surface area contributed by atoms with Gasteiger partial charge in [-0.3, -0.25) is 0 Å². The van der Waals surface area contributed by atoms with E-state index in [9.17, 15) is 4.39 Å². The van der Waals surface area contributed by atoms with Crippen LogP contribution in [0.25, 0.3) is 0 Å². The van der Waals surface area contributed by atoms with Crippen molar-refractivity contribution in [2.75, 3.05) is 25.4 Å². The first kappa shape index (κ1) is 18.5. The third kappa shape index (κ3) is 6.81. The van der Waals surface area contributed by atoms with Crippen LogP contribution in [0.1, 0.15) is 40.2 Å². The maximum atomic E-state index is 14.1. The molecule has 0 aromatic heterocycles. The fraction of sp³-hybridized carbons (Fsp3) is 0.647. The van der Waals surface area contributed by atoms with Gasteiger partial charge in [0.15, 0.2) is 0 Å². The molecule has 21 heavy (non-hydrogen) atoms. The summed E-state index contributed by atoms with van der Waals surface area (Å²) in [5, 5.41) is 3.44. The van der Waals surface area contributed by atoms with E-state index in [-0.39, 0.29) is 11.4 Å². The van der Waals surface area contributed by atoms with Crippen LogP contribution in [0, 0.1) is 5.82 Å². The van der Waals surface area contributed by atoms with Gasteiger partial charge in [-0.1, -0.05) is 26.0 Å². The zero-order valence-electron chi connectivity index (χ0n) is 14.0. The Hall–Kier alpha value is -0.580. The second-order valence-electron chi connectivity index (χ2n) is 6.21. The van der Waals surface area contributed by atoms with E-state index in [2.05, 4.69) is 44.8 Å². The highest BCUT2D eigenvalue weighted by molar-refractivity contribution is 7.99. The molecule has 0 heterocycles. The summed E-state index contributed by atoms with van der Waals surface area (Å²) in [5.74, 6) is 0.818. The van der Waals surface area contributed by atoms with Crippen LogP contribution in [0.4, 0.5) is 4.39 Å². The van der Waals surface area contributed by atoms with Crippen molar-refractivity contribution in [3.8, 4) is 0 Å². The van der Waals surface area contributed by atoms with E-state index >= 15 is 0 Å². The lowest BCUT2D eigenvalue weighted by atomic mass is 10.1. The van der Waals surface area contributed by atoms with Gasteiger partial charge in [-0.15, -0.1) is 11.8 Å². The number of halogens is 1. The van der Waals surface area contributed by atoms with Crippen LogP contribution in [0.2, 0.25) is 0 Å². The Morgan fingerprint density at radius 2 is 1.86 bits per heavy atom. The van der Waals surface area contributed by atoms with Crippen molar-refractivity contribution in [3.05, 3.63) is 29.6 Å². The first-order valence-corrected chi connectivity index (χ1v) is 8.73. The molecule has 0 radical (unpaired) electrons. The summed E-state index contributed by atoms with van der Waals surface area (Å²) >= 11 is 1.63. The van der Waals surface area contributed by atoms with Crippen LogP contribution in [0.15, 0.2) is 23.1 Å². The smallest absolute Gasteiger partial charge is 0.137 e. The molecule has 0 aliphatic heterocycles. The van der Waals surface area contributed by atoms with Gasteiger partial charge in [0.1, 0.15) is 5.82 Å². The molecule has 1 aromatic carbocycles. The summed E-state index contributed by atoms with van der Waals surface area (Å²) in [6, 6.07) is 5.37. The fourth-order valence-electron chi connectivity index (χ4n) is 2.03. The number of nitrogens with one attached hydrogen (secondary N) is 1. The first-order chi connectivity index (χ1) is 9.87. The van der Waals surface area contributed by atoms with Crippen LogP contribution in [-0.2, 0) is 6.54 Å². The van der Waals surface area contributed by atoms with Gasteiger partial charge in [0.05, 0.1) is 0 Å². The first-order valence-electron chi connectivity index (χ1n) is 7.75. The number of hydrogen-bond donors (Lipinski definition) is 1. The zero-order valence-corrected chi connectivity index (χ0v) is 14.8. The summed E-state index contributed by atoms with van der Waals surface area (Å²) in [6.07, 6.45) is 0. The van der Waals surface area contributed by atoms with Crippen LogP contribution in [0.3, 0.4) is 0 Å². The Morgan fingerprint density at radius 3 is 2.43 bits per heavy atom. The molecule has 0 fully saturated rings. The summed E-state index contributed by atoms with van der Waals surface area (Å²) in [7, 11) is 0. The zero-order chi connectivity index (χ0) is 15.9. The van der Waals surface area contributed by atoms with E-state index in [0.29, 0.717) is 6.54 Å². The van der Waals surface area contributed by atoms with Crippen molar-refractivity contribution in [1.82, 2.24) is 10.2 Å². The minimum Gasteiger partial charge on any atom is -0.308 e. The van der Waals surface area contributed by atoms with Crippen LogP contribution in [0.5, 0.6) is 0 Å². The molecule has 0 spiro atoms. The van der Waals surface area contributed by atoms with Crippen LogP contribution >= 0.6 is 11.8 Å². The van der Waals surface area contributed by atoms with E-state index in [0.717, 1.165) is 35.8 Å². The number of rotatable bonds is 8. The Labute approximate surface area is 133 Å². The maximum absolute atomic E-state index is 14.1. The molecule has 0 atom stereocenters. The van der Waals surface area contributed by atoms with Gasteiger partial charge in [0.25, 0.3) is 0 Å². The average molecular weight is 312 g/mol. The molecule has 0 saturated heterocycles. The van der Waals surface area contributed by atoms with Crippen molar-refractivity contribution >= 4 is 11.8 Å². The van der Waals surface area contributed by atoms with E-state index < -0.39 is 0 Å². The molecule has 0 unspecified atom stereocenters. The van der Waals surface area contributed by atoms with Gasteiger partial charge in [0, 0.05) is 29.3 Å². The number of thioether (sulfide) groups is 1. The third-order valence-corrected chi connectivity index (χ3v) is 4.54. The highest BCUT2D eigenvalue weighted by Crippen LogP contribution is 2.26. The standard InChI is InChI=1S/C17H29FN2S/c1-6-20(7-2)11-12-21-16-14(9-8-10-15(16)18)13-19-17(3,4)5/h8-10,19H,6-7,11-13H2,1-5H3. The normalized spacial score (nSPS) is 12.1. The second kappa shape index (κ2) is 8.76. The monoisotopic (exact) mass is 312 g/mol. The van der Waals surface area contributed by atoms with Gasteiger partial charge in [-0.25, -0.2) is 4.39 Å². The number of benzene rings is 1. The topological polar surface area (TPSA) is 15.3 Å². The summed E-state index contributed by atoms with van der Waals surface area (Å²) < 4.78 is 14.1. The quantitative estimate of drug-likeness (QED) is 0.726. The third-order valence-electron chi connectivity index (χ3n) is 3.41. The van der Waals surface area contributed by atoms with Gasteiger partial charge in [-0.05, 0) is 45.5 Å². The van der Waals surface area contributed by atoms with E-state index in [1.54, 1.807) is 23.9 Å². The Bertz CT molecular complexity index is 425. The lowest BCUT2D eigenvalue weighted by Gasteiger charge is -2.22. The SMILES string of the molecule is CCN(CC)CCSc1c(F)cccc1CNC(C)(C)C. The Kier molecular flexibility index (Phi) is 7.71. The molecule has 0 amide bonds. The van der Waals surface area contributed by atoms with Gasteiger partial charge < -0.3 is 10.2 Å². The summed E-state index contributed by atoms with van der Waals surface area (Å²) in [4.78, 5) is 3.15. The predicted molar refractivity (Wildman–Crippen MR) is 91.5 cm³/mol. The van der Waals surface area contributed by atoms with Crippen molar-refractivity contribution in [1.29, 1.82) is 0 Å². The lowest BCUT2D eigenvalue weighted by Crippen LogP contribution is -2.35. The Morgan fingerprint density at radius 1 is 1.19 bits per heavy atom. The lowest BCUT2D eigenvalue weighted by molar-refractivity contribution is 0.324. The molecule has 120 valence electrons. The van der Waals surface area contributed by atoms with Gasteiger partial charge in [0.2, 0.25) is 0 Å². The predicted octanol–water partition coefficient (Wildman–Crippen LogP) is 4.15. The average Bonchev–Trinajstić information content (AvgIpc) is 2.42. The van der Waals surface area contributed by atoms with Gasteiger partial charge in [-0.2, -0.15) is 0 Å². The molecular weight excluding hydrogens is 283 g/mol. The highest BCUT2D eigenvalue weighted by atomic mass is 32.2.